The zero-order valence-corrected chi connectivity index (χ0v) is 21.8. The Morgan fingerprint density at radius 3 is 2.55 bits per heavy atom. The number of aromatic nitrogens is 3. The van der Waals surface area contributed by atoms with Crippen LogP contribution in [-0.2, 0) is 4.74 Å². The molecule has 1 aliphatic heterocycles. The summed E-state index contributed by atoms with van der Waals surface area (Å²) in [6.45, 7) is 6.54. The lowest BCUT2D eigenvalue weighted by molar-refractivity contribution is 0.0288. The third kappa shape index (κ3) is 4.93. The Bertz CT molecular complexity index is 1480. The molecule has 0 aliphatic carbocycles. The van der Waals surface area contributed by atoms with Gasteiger partial charge in [0.15, 0.2) is 0 Å². The summed E-state index contributed by atoms with van der Waals surface area (Å²) in [5.74, 6) is 1.48. The second-order valence-corrected chi connectivity index (χ2v) is 10.2. The molecule has 0 spiro atoms. The van der Waals surface area contributed by atoms with Crippen LogP contribution in [0.2, 0.25) is 0 Å². The number of carbonyl (C=O) groups is 1. The minimum atomic E-state index is -0.577. The van der Waals surface area contributed by atoms with E-state index in [4.69, 9.17) is 19.9 Å². The number of amides is 1. The molecule has 198 valence electrons. The number of hydrogen-bond acceptors (Lipinski definition) is 7. The molecule has 2 aromatic heterocycles. The van der Waals surface area contributed by atoms with E-state index in [2.05, 4.69) is 9.97 Å². The van der Waals surface area contributed by atoms with E-state index in [0.29, 0.717) is 53.7 Å². The number of benzene rings is 2. The topological polar surface area (TPSA) is 105 Å². The molecule has 1 aliphatic rings. The zero-order valence-electron chi connectivity index (χ0n) is 21.8. The van der Waals surface area contributed by atoms with Crippen LogP contribution >= 0.6 is 0 Å². The number of fused-ring (bicyclic) bond motifs is 1. The number of methoxy groups -OCH3 is 1. The van der Waals surface area contributed by atoms with Gasteiger partial charge in [0.2, 0.25) is 5.88 Å². The number of carbonyl (C=O) groups excluding carboxylic acids is 1. The third-order valence-electron chi connectivity index (χ3n) is 6.32. The Morgan fingerprint density at radius 2 is 1.87 bits per heavy atom. The molecule has 38 heavy (non-hydrogen) atoms. The minimum absolute atomic E-state index is 0.0985. The van der Waals surface area contributed by atoms with Crippen molar-refractivity contribution in [1.82, 2.24) is 19.4 Å². The van der Waals surface area contributed by atoms with Gasteiger partial charge < -0.3 is 24.8 Å². The molecule has 0 saturated carbocycles. The van der Waals surface area contributed by atoms with E-state index in [-0.39, 0.29) is 18.0 Å². The van der Waals surface area contributed by atoms with E-state index in [1.165, 1.54) is 18.5 Å². The summed E-state index contributed by atoms with van der Waals surface area (Å²) in [5, 5.41) is 0.666. The number of rotatable bonds is 5. The predicted molar refractivity (Wildman–Crippen MR) is 142 cm³/mol. The maximum absolute atomic E-state index is 13.5. The van der Waals surface area contributed by atoms with E-state index >= 15 is 0 Å². The van der Waals surface area contributed by atoms with Crippen LogP contribution in [0.3, 0.4) is 0 Å². The van der Waals surface area contributed by atoms with Crippen molar-refractivity contribution < 1.29 is 23.4 Å². The van der Waals surface area contributed by atoms with E-state index in [9.17, 15) is 9.18 Å². The normalized spacial score (nSPS) is 15.6. The van der Waals surface area contributed by atoms with Gasteiger partial charge in [-0.1, -0.05) is 18.2 Å². The molecule has 2 N–H and O–H groups in total. The SMILES string of the molecule is COc1c(-c2ccc(Oc3cccc(F)c3)cc2)c2c(N)ncnc2n1[C@@H]1CCN(C(=O)OC(C)(C)C)C1. The zero-order chi connectivity index (χ0) is 27.0. The summed E-state index contributed by atoms with van der Waals surface area (Å²) in [6, 6.07) is 13.2. The number of ether oxygens (including phenoxy) is 3. The lowest BCUT2D eigenvalue weighted by Crippen LogP contribution is -2.35. The van der Waals surface area contributed by atoms with Crippen molar-refractivity contribution in [1.29, 1.82) is 0 Å². The molecule has 9 nitrogen and oxygen atoms in total. The summed E-state index contributed by atoms with van der Waals surface area (Å²) in [7, 11) is 1.60. The van der Waals surface area contributed by atoms with Gasteiger partial charge in [-0.15, -0.1) is 0 Å². The van der Waals surface area contributed by atoms with Gasteiger partial charge in [0.25, 0.3) is 0 Å². The highest BCUT2D eigenvalue weighted by Gasteiger charge is 2.35. The molecule has 1 fully saturated rings. The van der Waals surface area contributed by atoms with Crippen LogP contribution < -0.4 is 15.2 Å². The van der Waals surface area contributed by atoms with Gasteiger partial charge in [-0.2, -0.15) is 0 Å². The number of nitrogens with two attached hydrogens (primary N) is 1. The van der Waals surface area contributed by atoms with Crippen molar-refractivity contribution in [3.8, 4) is 28.5 Å². The number of halogens is 1. The van der Waals surface area contributed by atoms with Crippen molar-refractivity contribution in [2.75, 3.05) is 25.9 Å². The van der Waals surface area contributed by atoms with Crippen LogP contribution in [0.4, 0.5) is 15.0 Å². The second-order valence-electron chi connectivity index (χ2n) is 10.2. The molecular weight excluding hydrogens is 489 g/mol. The number of hydrogen-bond donors (Lipinski definition) is 1. The molecule has 0 unspecified atom stereocenters. The lowest BCUT2D eigenvalue weighted by atomic mass is 10.1. The average molecular weight is 520 g/mol. The Morgan fingerprint density at radius 1 is 1.11 bits per heavy atom. The summed E-state index contributed by atoms with van der Waals surface area (Å²) >= 11 is 0. The van der Waals surface area contributed by atoms with Gasteiger partial charge in [0.1, 0.15) is 40.7 Å². The predicted octanol–water partition coefficient (Wildman–Crippen LogP) is 5.80. The summed E-state index contributed by atoms with van der Waals surface area (Å²) in [4.78, 5) is 23.2. The number of nitrogen functional groups attached to an aromatic ring is 1. The van der Waals surface area contributed by atoms with Gasteiger partial charge in [-0.3, -0.25) is 4.57 Å². The fraction of sp³-hybridized carbons (Fsp3) is 0.321. The molecule has 5 rings (SSSR count). The Kier molecular flexibility index (Phi) is 6.56. The van der Waals surface area contributed by atoms with E-state index in [1.807, 2.05) is 37.5 Å². The van der Waals surface area contributed by atoms with Gasteiger partial charge in [-0.05, 0) is 57.0 Å². The van der Waals surface area contributed by atoms with E-state index < -0.39 is 5.60 Å². The first kappa shape index (κ1) is 25.3. The number of nitrogens with zero attached hydrogens (tertiary/aromatic N) is 4. The van der Waals surface area contributed by atoms with Crippen molar-refractivity contribution in [3.63, 3.8) is 0 Å². The van der Waals surface area contributed by atoms with Crippen molar-refractivity contribution in [3.05, 3.63) is 60.7 Å². The highest BCUT2D eigenvalue weighted by Crippen LogP contribution is 2.45. The van der Waals surface area contributed by atoms with Crippen LogP contribution in [0.5, 0.6) is 17.4 Å². The molecule has 3 heterocycles. The van der Waals surface area contributed by atoms with E-state index in [1.54, 1.807) is 36.3 Å². The molecule has 1 saturated heterocycles. The smallest absolute Gasteiger partial charge is 0.410 e. The third-order valence-corrected chi connectivity index (χ3v) is 6.32. The Balaban J connectivity index is 1.51. The summed E-state index contributed by atoms with van der Waals surface area (Å²) in [6.07, 6.45) is 1.77. The van der Waals surface area contributed by atoms with Crippen molar-refractivity contribution in [2.24, 2.45) is 0 Å². The molecule has 1 amide bonds. The van der Waals surface area contributed by atoms with E-state index in [0.717, 1.165) is 11.1 Å². The van der Waals surface area contributed by atoms with Crippen LogP contribution in [0.1, 0.15) is 33.2 Å². The number of likely N-dealkylation sites (tertiary alicyclic amines) is 1. The highest BCUT2D eigenvalue weighted by atomic mass is 19.1. The highest BCUT2D eigenvalue weighted by molar-refractivity contribution is 6.04. The molecule has 4 aromatic rings. The fourth-order valence-corrected chi connectivity index (χ4v) is 4.74. The van der Waals surface area contributed by atoms with Gasteiger partial charge in [0.05, 0.1) is 24.1 Å². The monoisotopic (exact) mass is 519 g/mol. The lowest BCUT2D eigenvalue weighted by Gasteiger charge is -2.24. The standard InChI is InChI=1S/C28H30FN5O4/c1-28(2,3)38-27(35)33-13-12-19(15-33)34-25-23(24(30)31-16-32-25)22(26(34)36-4)17-8-10-20(11-9-17)37-21-7-5-6-18(29)14-21/h5-11,14,16,19H,12-13,15H2,1-4H3,(H2,30,31,32)/t19-/m1/s1. The Labute approximate surface area is 219 Å². The maximum Gasteiger partial charge on any atom is 0.410 e. The molecule has 2 aromatic carbocycles. The maximum atomic E-state index is 13.5. The van der Waals surface area contributed by atoms with Gasteiger partial charge in [0, 0.05) is 19.2 Å². The van der Waals surface area contributed by atoms with Gasteiger partial charge >= 0.3 is 6.09 Å². The summed E-state index contributed by atoms with van der Waals surface area (Å²) < 4.78 is 32.8. The van der Waals surface area contributed by atoms with Gasteiger partial charge in [-0.25, -0.2) is 19.2 Å². The molecular formula is C28H30FN5O4. The molecule has 0 bridgehead atoms. The summed E-state index contributed by atoms with van der Waals surface area (Å²) in [5.41, 5.74) is 7.97. The first-order chi connectivity index (χ1) is 18.1. The van der Waals surface area contributed by atoms with Crippen LogP contribution in [0, 0.1) is 5.82 Å². The van der Waals surface area contributed by atoms with Crippen molar-refractivity contribution >= 4 is 22.9 Å². The number of anilines is 1. The first-order valence-electron chi connectivity index (χ1n) is 12.3. The largest absolute Gasteiger partial charge is 0.482 e. The van der Waals surface area contributed by atoms with Crippen molar-refractivity contribution in [2.45, 2.75) is 38.8 Å². The first-order valence-corrected chi connectivity index (χ1v) is 12.3. The quantitative estimate of drug-likeness (QED) is 0.355. The minimum Gasteiger partial charge on any atom is -0.482 e. The van der Waals surface area contributed by atoms with Crippen LogP contribution in [0.15, 0.2) is 54.9 Å². The molecule has 1 atom stereocenters. The second kappa shape index (κ2) is 9.85. The molecule has 10 heteroatoms. The van der Waals surface area contributed by atoms with Crippen LogP contribution in [-0.4, -0.2) is 51.3 Å². The average Bonchev–Trinajstić information content (AvgIpc) is 3.47. The fourth-order valence-electron chi connectivity index (χ4n) is 4.74. The Hall–Kier alpha value is -4.34. The molecule has 0 radical (unpaired) electrons. The van der Waals surface area contributed by atoms with Crippen LogP contribution in [0.25, 0.3) is 22.2 Å².